The van der Waals surface area contributed by atoms with Crippen molar-refractivity contribution in [2.75, 3.05) is 0 Å². The summed E-state index contributed by atoms with van der Waals surface area (Å²) >= 11 is 7.76. The molecule has 128 valence electrons. The van der Waals surface area contributed by atoms with Crippen LogP contribution in [-0.2, 0) is 10.5 Å². The van der Waals surface area contributed by atoms with Crippen LogP contribution in [0.25, 0.3) is 0 Å². The molecule has 1 heterocycles. The van der Waals surface area contributed by atoms with Gasteiger partial charge in [-0.2, -0.15) is 0 Å². The Balaban J connectivity index is 1.86. The number of hydrogen-bond acceptors (Lipinski definition) is 4. The summed E-state index contributed by atoms with van der Waals surface area (Å²) in [5.74, 6) is 0.226. The Morgan fingerprint density at radius 3 is 2.56 bits per heavy atom. The van der Waals surface area contributed by atoms with Crippen molar-refractivity contribution in [1.29, 1.82) is 0 Å². The smallest absolute Gasteiger partial charge is 0.248 e. The Hall–Kier alpha value is -2.24. The number of halogens is 1. The maximum atomic E-state index is 11.9. The topological polar surface area (TPSA) is 67.5 Å². The molecule has 0 bridgehead atoms. The van der Waals surface area contributed by atoms with E-state index in [1.807, 2.05) is 61.5 Å². The second-order valence-electron chi connectivity index (χ2n) is 5.66. The number of hydrogen-bond donors (Lipinski definition) is 2. The highest BCUT2D eigenvalue weighted by atomic mass is 35.5. The molecule has 3 N–H and O–H groups in total. The van der Waals surface area contributed by atoms with E-state index in [9.17, 15) is 4.79 Å². The summed E-state index contributed by atoms with van der Waals surface area (Å²) < 4.78 is 0. The van der Waals surface area contributed by atoms with E-state index >= 15 is 0 Å². The molecule has 2 aromatic rings. The fraction of sp³-hybridized carbons (Fsp3) is 0.158. The van der Waals surface area contributed by atoms with Crippen molar-refractivity contribution in [2.24, 2.45) is 10.7 Å². The van der Waals surface area contributed by atoms with E-state index in [0.717, 1.165) is 27.0 Å². The third kappa shape index (κ3) is 4.06. The summed E-state index contributed by atoms with van der Waals surface area (Å²) in [4.78, 5) is 16.6. The molecule has 25 heavy (non-hydrogen) atoms. The molecule has 0 spiro atoms. The van der Waals surface area contributed by atoms with Gasteiger partial charge in [-0.1, -0.05) is 71.9 Å². The Bertz CT molecular complexity index is 849. The Morgan fingerprint density at radius 2 is 1.88 bits per heavy atom. The number of nitrogens with one attached hydrogen (secondary N) is 1. The number of carbonyl (C=O) groups is 1. The summed E-state index contributed by atoms with van der Waals surface area (Å²) in [7, 11) is 0. The minimum Gasteiger partial charge on any atom is -0.366 e. The lowest BCUT2D eigenvalue weighted by Crippen LogP contribution is -2.32. The number of nitrogens with zero attached hydrogens (tertiary/aromatic N) is 1. The van der Waals surface area contributed by atoms with Gasteiger partial charge in [-0.25, -0.2) is 4.99 Å². The fourth-order valence-electron chi connectivity index (χ4n) is 2.68. The van der Waals surface area contributed by atoms with E-state index in [2.05, 4.69) is 5.32 Å². The SMILES string of the molecule is CC1=C(C(N)=O)[C@@H](c2ccccc2)N=C(SCc2ccccc2Cl)N1. The molecule has 0 aromatic heterocycles. The number of amidine groups is 1. The first-order valence-electron chi connectivity index (χ1n) is 7.83. The highest BCUT2D eigenvalue weighted by Crippen LogP contribution is 2.32. The summed E-state index contributed by atoms with van der Waals surface area (Å²) in [5, 5.41) is 4.66. The summed E-state index contributed by atoms with van der Waals surface area (Å²) in [5.41, 5.74) is 8.79. The van der Waals surface area contributed by atoms with Gasteiger partial charge in [0, 0.05) is 16.5 Å². The lowest BCUT2D eigenvalue weighted by molar-refractivity contribution is -0.114. The van der Waals surface area contributed by atoms with Crippen LogP contribution in [-0.4, -0.2) is 11.1 Å². The highest BCUT2D eigenvalue weighted by Gasteiger charge is 2.27. The Morgan fingerprint density at radius 1 is 1.20 bits per heavy atom. The van der Waals surface area contributed by atoms with Gasteiger partial charge in [-0.3, -0.25) is 4.79 Å². The first kappa shape index (κ1) is 17.6. The highest BCUT2D eigenvalue weighted by molar-refractivity contribution is 8.13. The van der Waals surface area contributed by atoms with Gasteiger partial charge in [0.15, 0.2) is 5.17 Å². The van der Waals surface area contributed by atoms with Gasteiger partial charge in [0.1, 0.15) is 6.04 Å². The fourth-order valence-corrected chi connectivity index (χ4v) is 3.91. The van der Waals surface area contributed by atoms with Crippen LogP contribution < -0.4 is 11.1 Å². The van der Waals surface area contributed by atoms with Gasteiger partial charge in [-0.15, -0.1) is 0 Å². The summed E-state index contributed by atoms with van der Waals surface area (Å²) in [6.45, 7) is 1.85. The van der Waals surface area contributed by atoms with Crippen LogP contribution in [0.1, 0.15) is 24.1 Å². The number of primary amides is 1. The predicted octanol–water partition coefficient (Wildman–Crippen LogP) is 4.03. The van der Waals surface area contributed by atoms with Gasteiger partial charge in [0.25, 0.3) is 0 Å². The molecule has 1 atom stereocenters. The first-order valence-corrected chi connectivity index (χ1v) is 9.19. The molecule has 0 saturated heterocycles. The van der Waals surface area contributed by atoms with Gasteiger partial charge in [0.2, 0.25) is 5.91 Å². The number of aliphatic imine (C=N–C) groups is 1. The van der Waals surface area contributed by atoms with E-state index < -0.39 is 11.9 Å². The molecule has 1 amide bonds. The van der Waals surface area contributed by atoms with E-state index in [1.54, 1.807) is 11.8 Å². The van der Waals surface area contributed by atoms with Crippen molar-refractivity contribution in [3.63, 3.8) is 0 Å². The number of allylic oxidation sites excluding steroid dienone is 1. The molecular formula is C19H18ClN3OS. The minimum atomic E-state index is -0.460. The van der Waals surface area contributed by atoms with Gasteiger partial charge in [-0.05, 0) is 24.1 Å². The normalized spacial score (nSPS) is 17.0. The van der Waals surface area contributed by atoms with Crippen LogP contribution in [0.5, 0.6) is 0 Å². The second kappa shape index (κ2) is 7.76. The maximum absolute atomic E-state index is 11.9. The molecule has 3 rings (SSSR count). The average Bonchev–Trinajstić information content (AvgIpc) is 2.61. The molecule has 0 saturated carbocycles. The molecule has 6 heteroatoms. The average molecular weight is 372 g/mol. The van der Waals surface area contributed by atoms with Gasteiger partial charge in [0.05, 0.1) is 5.57 Å². The summed E-state index contributed by atoms with van der Waals surface area (Å²) in [6.07, 6.45) is 0. The van der Waals surface area contributed by atoms with Crippen molar-refractivity contribution in [3.05, 3.63) is 82.0 Å². The molecule has 0 radical (unpaired) electrons. The third-order valence-corrected chi connectivity index (χ3v) is 5.23. The molecule has 0 unspecified atom stereocenters. The van der Waals surface area contributed by atoms with Crippen molar-refractivity contribution >= 4 is 34.4 Å². The van der Waals surface area contributed by atoms with Crippen molar-refractivity contribution in [3.8, 4) is 0 Å². The van der Waals surface area contributed by atoms with Gasteiger partial charge < -0.3 is 11.1 Å². The number of thioether (sulfide) groups is 1. The van der Waals surface area contributed by atoms with E-state index in [4.69, 9.17) is 22.3 Å². The molecule has 1 aliphatic rings. The second-order valence-corrected chi connectivity index (χ2v) is 7.03. The number of nitrogens with two attached hydrogens (primary N) is 1. The van der Waals surface area contributed by atoms with E-state index in [0.29, 0.717) is 11.3 Å². The van der Waals surface area contributed by atoms with Crippen molar-refractivity contribution in [1.82, 2.24) is 5.32 Å². The monoisotopic (exact) mass is 371 g/mol. The lowest BCUT2D eigenvalue weighted by atomic mass is 9.96. The molecule has 1 aliphatic heterocycles. The number of carbonyl (C=O) groups excluding carboxylic acids is 1. The molecule has 0 aliphatic carbocycles. The van der Waals surface area contributed by atoms with Gasteiger partial charge >= 0.3 is 0 Å². The Labute approximate surface area is 156 Å². The largest absolute Gasteiger partial charge is 0.366 e. The summed E-state index contributed by atoms with van der Waals surface area (Å²) in [6, 6.07) is 17.0. The quantitative estimate of drug-likeness (QED) is 0.852. The Kier molecular flexibility index (Phi) is 5.46. The zero-order valence-electron chi connectivity index (χ0n) is 13.7. The third-order valence-electron chi connectivity index (χ3n) is 3.92. The molecule has 2 aromatic carbocycles. The standard InChI is InChI=1S/C19H18ClN3OS/c1-12-16(18(21)24)17(13-7-3-2-4-8-13)23-19(22-12)25-11-14-9-5-6-10-15(14)20/h2-10,17H,11H2,1H3,(H2,21,24)(H,22,23)/t17-/m1/s1. The minimum absolute atomic E-state index is 0.395. The predicted molar refractivity (Wildman–Crippen MR) is 104 cm³/mol. The lowest BCUT2D eigenvalue weighted by Gasteiger charge is -2.25. The molecule has 0 fully saturated rings. The van der Waals surface area contributed by atoms with Crippen LogP contribution in [0.4, 0.5) is 0 Å². The maximum Gasteiger partial charge on any atom is 0.248 e. The van der Waals surface area contributed by atoms with Crippen molar-refractivity contribution < 1.29 is 4.79 Å². The number of benzene rings is 2. The molecular weight excluding hydrogens is 354 g/mol. The zero-order valence-corrected chi connectivity index (χ0v) is 15.3. The van der Waals surface area contributed by atoms with E-state index in [-0.39, 0.29) is 0 Å². The number of amides is 1. The van der Waals surface area contributed by atoms with E-state index in [1.165, 1.54) is 0 Å². The van der Waals surface area contributed by atoms with Crippen LogP contribution in [0.2, 0.25) is 5.02 Å². The number of rotatable bonds is 4. The zero-order chi connectivity index (χ0) is 17.8. The van der Waals surface area contributed by atoms with Crippen LogP contribution in [0, 0.1) is 0 Å². The first-order chi connectivity index (χ1) is 12.1. The van der Waals surface area contributed by atoms with Crippen LogP contribution in [0.3, 0.4) is 0 Å². The van der Waals surface area contributed by atoms with Crippen molar-refractivity contribution in [2.45, 2.75) is 18.7 Å². The van der Waals surface area contributed by atoms with Crippen LogP contribution in [0.15, 0.2) is 70.9 Å². The molecule has 4 nitrogen and oxygen atoms in total. The van der Waals surface area contributed by atoms with Crippen LogP contribution >= 0.6 is 23.4 Å².